The van der Waals surface area contributed by atoms with Crippen LogP contribution < -0.4 is 0 Å². The lowest BCUT2D eigenvalue weighted by molar-refractivity contribution is -0.138. The number of rotatable bonds is 5. The number of carboxylic acid groups (broad SMARTS) is 1. The van der Waals surface area contributed by atoms with Crippen molar-refractivity contribution in [1.29, 1.82) is 0 Å². The molecule has 0 spiro atoms. The fourth-order valence-corrected chi connectivity index (χ4v) is 4.58. The van der Waals surface area contributed by atoms with E-state index in [1.807, 2.05) is 30.1 Å². The Morgan fingerprint density at radius 1 is 1.15 bits per heavy atom. The minimum absolute atomic E-state index is 0.0487. The average molecular weight is 377 g/mol. The van der Waals surface area contributed by atoms with Gasteiger partial charge in [-0.2, -0.15) is 5.10 Å². The molecule has 1 aromatic rings. The quantitative estimate of drug-likeness (QED) is 0.854. The number of carboxylic acids is 1. The fourth-order valence-electron chi connectivity index (χ4n) is 4.58. The summed E-state index contributed by atoms with van der Waals surface area (Å²) in [6.45, 7) is 1.45. The number of carbonyl (C=O) groups excluding carboxylic acids is 1. The van der Waals surface area contributed by atoms with Crippen LogP contribution in [0, 0.1) is 0 Å². The number of likely N-dealkylation sites (tertiary alicyclic amines) is 1. The molecule has 1 aromatic heterocycles. The summed E-state index contributed by atoms with van der Waals surface area (Å²) >= 11 is 0. The number of nitrogens with zero attached hydrogens (tertiary/aromatic N) is 4. The van der Waals surface area contributed by atoms with Crippen LogP contribution >= 0.6 is 0 Å². The zero-order chi connectivity index (χ0) is 19.4. The molecule has 1 unspecified atom stereocenters. The summed E-state index contributed by atoms with van der Waals surface area (Å²) in [6.07, 6.45) is 10.5. The van der Waals surface area contributed by atoms with E-state index in [9.17, 15) is 9.59 Å². The summed E-state index contributed by atoms with van der Waals surface area (Å²) in [5.41, 5.74) is 1.74. The maximum absolute atomic E-state index is 13.2. The second kappa shape index (κ2) is 8.87. The molecule has 1 atom stereocenters. The van der Waals surface area contributed by atoms with Gasteiger partial charge in [0.25, 0.3) is 5.91 Å². The molecule has 2 heterocycles. The van der Waals surface area contributed by atoms with Crippen LogP contribution in [0.5, 0.6) is 0 Å². The first-order chi connectivity index (χ1) is 13.0. The van der Waals surface area contributed by atoms with Gasteiger partial charge in [0, 0.05) is 38.3 Å². The lowest BCUT2D eigenvalue weighted by Gasteiger charge is -2.26. The number of aryl methyl sites for hydroxylation is 1. The van der Waals surface area contributed by atoms with Crippen molar-refractivity contribution in [2.45, 2.75) is 63.3 Å². The topological polar surface area (TPSA) is 78.7 Å². The molecule has 1 N–H and O–H groups in total. The van der Waals surface area contributed by atoms with Crippen molar-refractivity contribution in [1.82, 2.24) is 19.6 Å². The molecule has 7 nitrogen and oxygen atoms in total. The van der Waals surface area contributed by atoms with Gasteiger partial charge in [-0.3, -0.25) is 19.2 Å². The molecule has 0 radical (unpaired) electrons. The molecule has 2 aliphatic rings. The number of carbonyl (C=O) groups is 2. The van der Waals surface area contributed by atoms with Crippen LogP contribution in [-0.2, 0) is 11.8 Å². The number of aromatic nitrogens is 2. The molecule has 150 valence electrons. The van der Waals surface area contributed by atoms with Gasteiger partial charge in [-0.1, -0.05) is 19.3 Å². The minimum atomic E-state index is -0.804. The summed E-state index contributed by atoms with van der Waals surface area (Å²) in [7, 11) is 3.75. The molecule has 3 rings (SSSR count). The van der Waals surface area contributed by atoms with E-state index in [0.717, 1.165) is 49.9 Å². The molecule has 0 bridgehead atoms. The van der Waals surface area contributed by atoms with Gasteiger partial charge < -0.3 is 10.0 Å². The first-order valence-electron chi connectivity index (χ1n) is 10.2. The predicted molar refractivity (Wildman–Crippen MR) is 103 cm³/mol. The average Bonchev–Trinajstić information content (AvgIpc) is 2.87. The maximum Gasteiger partial charge on any atom is 0.317 e. The number of amides is 1. The smallest absolute Gasteiger partial charge is 0.317 e. The Labute approximate surface area is 161 Å². The van der Waals surface area contributed by atoms with Crippen molar-refractivity contribution in [3.8, 4) is 0 Å². The summed E-state index contributed by atoms with van der Waals surface area (Å²) in [4.78, 5) is 28.1. The Morgan fingerprint density at radius 3 is 2.59 bits per heavy atom. The van der Waals surface area contributed by atoms with Crippen molar-refractivity contribution in [2.75, 3.05) is 26.7 Å². The Kier molecular flexibility index (Phi) is 6.52. The van der Waals surface area contributed by atoms with Crippen LogP contribution in [0.25, 0.3) is 0 Å². The van der Waals surface area contributed by atoms with Crippen molar-refractivity contribution in [3.05, 3.63) is 17.5 Å². The Bertz CT molecular complexity index is 666. The molecule has 1 saturated carbocycles. The van der Waals surface area contributed by atoms with E-state index >= 15 is 0 Å². The van der Waals surface area contributed by atoms with Crippen LogP contribution in [0.2, 0.25) is 0 Å². The van der Waals surface area contributed by atoms with Gasteiger partial charge in [0.05, 0.1) is 17.8 Å². The van der Waals surface area contributed by atoms with Gasteiger partial charge in [-0.15, -0.1) is 0 Å². The normalized spacial score (nSPS) is 22.0. The summed E-state index contributed by atoms with van der Waals surface area (Å²) in [5, 5.41) is 13.7. The van der Waals surface area contributed by atoms with Gasteiger partial charge in [0.1, 0.15) is 0 Å². The molecule has 27 heavy (non-hydrogen) atoms. The van der Waals surface area contributed by atoms with Crippen LogP contribution in [0.4, 0.5) is 0 Å². The van der Waals surface area contributed by atoms with Crippen LogP contribution in [0.15, 0.2) is 6.20 Å². The summed E-state index contributed by atoms with van der Waals surface area (Å²) < 4.78 is 1.78. The maximum atomic E-state index is 13.2. The van der Waals surface area contributed by atoms with Gasteiger partial charge >= 0.3 is 5.97 Å². The molecule has 2 fully saturated rings. The number of likely N-dealkylation sites (N-methyl/N-ethyl adjacent to an activating group) is 1. The predicted octanol–water partition coefficient (Wildman–Crippen LogP) is 2.48. The zero-order valence-electron chi connectivity index (χ0n) is 16.6. The first-order valence-corrected chi connectivity index (χ1v) is 10.2. The summed E-state index contributed by atoms with van der Waals surface area (Å²) in [5.74, 6) is -0.312. The van der Waals surface area contributed by atoms with E-state index in [1.54, 1.807) is 4.68 Å². The molecule has 0 aromatic carbocycles. The highest BCUT2D eigenvalue weighted by molar-refractivity contribution is 5.95. The zero-order valence-corrected chi connectivity index (χ0v) is 16.6. The van der Waals surface area contributed by atoms with Crippen molar-refractivity contribution >= 4 is 11.9 Å². The van der Waals surface area contributed by atoms with Crippen LogP contribution in [-0.4, -0.2) is 69.3 Å². The highest BCUT2D eigenvalue weighted by atomic mass is 16.4. The first kappa shape index (κ1) is 19.9. The monoisotopic (exact) mass is 376 g/mol. The third-order valence-corrected chi connectivity index (χ3v) is 6.07. The fraction of sp³-hybridized carbons (Fsp3) is 0.750. The number of hydrogen-bond donors (Lipinski definition) is 1. The summed E-state index contributed by atoms with van der Waals surface area (Å²) in [6, 6.07) is 0.214. The lowest BCUT2D eigenvalue weighted by atomic mass is 9.85. The standard InChI is InChI=1S/C20H32N4O3/c1-22(14-18(25)26)16-9-6-11-24(12-10-16)20(27)17-13-23(2)21-19(17)15-7-4-3-5-8-15/h13,15-16H,3-12,14H2,1-2H3,(H,25,26). The van der Waals surface area contributed by atoms with Gasteiger partial charge in [0.2, 0.25) is 0 Å². The highest BCUT2D eigenvalue weighted by Gasteiger charge is 2.29. The van der Waals surface area contributed by atoms with Crippen molar-refractivity contribution in [2.24, 2.45) is 7.05 Å². The van der Waals surface area contributed by atoms with E-state index in [1.165, 1.54) is 19.3 Å². The Balaban J connectivity index is 1.68. The molecule has 1 saturated heterocycles. The van der Waals surface area contributed by atoms with Crippen LogP contribution in [0.1, 0.15) is 73.3 Å². The molecule has 1 aliphatic carbocycles. The minimum Gasteiger partial charge on any atom is -0.480 e. The van der Waals surface area contributed by atoms with Crippen molar-refractivity contribution in [3.63, 3.8) is 0 Å². The Morgan fingerprint density at radius 2 is 1.89 bits per heavy atom. The van der Waals surface area contributed by atoms with Gasteiger partial charge in [0.15, 0.2) is 0 Å². The largest absolute Gasteiger partial charge is 0.480 e. The van der Waals surface area contributed by atoms with E-state index in [-0.39, 0.29) is 18.5 Å². The molecule has 1 amide bonds. The second-order valence-electron chi connectivity index (χ2n) is 8.12. The molecule has 7 heteroatoms. The highest BCUT2D eigenvalue weighted by Crippen LogP contribution is 2.34. The SMILES string of the molecule is CN(CC(=O)O)C1CCCN(C(=O)c2cn(C)nc2C2CCCCC2)CC1. The van der Waals surface area contributed by atoms with E-state index < -0.39 is 5.97 Å². The lowest BCUT2D eigenvalue weighted by Crippen LogP contribution is -2.37. The van der Waals surface area contributed by atoms with Gasteiger partial charge in [-0.05, 0) is 39.2 Å². The number of aliphatic carboxylic acids is 1. The third-order valence-electron chi connectivity index (χ3n) is 6.07. The van der Waals surface area contributed by atoms with E-state index in [2.05, 4.69) is 5.10 Å². The van der Waals surface area contributed by atoms with E-state index in [0.29, 0.717) is 12.5 Å². The van der Waals surface area contributed by atoms with Gasteiger partial charge in [-0.25, -0.2) is 0 Å². The third kappa shape index (κ3) is 4.89. The Hall–Kier alpha value is -1.89. The molecular formula is C20H32N4O3. The number of hydrogen-bond acceptors (Lipinski definition) is 4. The second-order valence-corrected chi connectivity index (χ2v) is 8.12. The van der Waals surface area contributed by atoms with Crippen LogP contribution in [0.3, 0.4) is 0 Å². The van der Waals surface area contributed by atoms with E-state index in [4.69, 9.17) is 5.11 Å². The van der Waals surface area contributed by atoms with Crippen molar-refractivity contribution < 1.29 is 14.7 Å². The molecular weight excluding hydrogens is 344 g/mol. The molecule has 1 aliphatic heterocycles.